The highest BCUT2D eigenvalue weighted by atomic mass is 19.1. The predicted octanol–water partition coefficient (Wildman–Crippen LogP) is 3.98. The third kappa shape index (κ3) is 3.10. The molecule has 3 heterocycles. The van der Waals surface area contributed by atoms with E-state index in [1.54, 1.807) is 30.7 Å². The molecule has 6 heteroatoms. The van der Waals surface area contributed by atoms with Gasteiger partial charge in [-0.25, -0.2) is 4.39 Å². The number of halogens is 1. The van der Waals surface area contributed by atoms with Crippen LogP contribution in [0.1, 0.15) is 41.4 Å². The number of piperidine rings is 1. The summed E-state index contributed by atoms with van der Waals surface area (Å²) in [4.78, 5) is 18.9. The van der Waals surface area contributed by atoms with E-state index in [0.717, 1.165) is 36.1 Å². The second-order valence-electron chi connectivity index (χ2n) is 6.45. The summed E-state index contributed by atoms with van der Waals surface area (Å²) in [5.74, 6) is -0.548. The Bertz CT molecular complexity index is 909. The van der Waals surface area contributed by atoms with E-state index in [1.807, 2.05) is 17.0 Å². The molecule has 0 unspecified atom stereocenters. The molecule has 1 aliphatic rings. The molecule has 0 spiro atoms. The fraction of sp³-hybridized carbons (Fsp3) is 0.250. The minimum absolute atomic E-state index is 0.106. The summed E-state index contributed by atoms with van der Waals surface area (Å²) >= 11 is 0. The first-order valence-electron chi connectivity index (χ1n) is 8.74. The molecule has 1 fully saturated rings. The summed E-state index contributed by atoms with van der Waals surface area (Å²) in [6, 6.07) is 9.62. The number of pyridine rings is 1. The second kappa shape index (κ2) is 7.07. The molecule has 132 valence electrons. The van der Waals surface area contributed by atoms with Crippen molar-refractivity contribution in [1.29, 1.82) is 0 Å². The zero-order chi connectivity index (χ0) is 17.9. The van der Waals surface area contributed by atoms with Gasteiger partial charge in [-0.05, 0) is 55.2 Å². The molecule has 26 heavy (non-hydrogen) atoms. The number of amides is 1. The molecule has 0 saturated carbocycles. The van der Waals surface area contributed by atoms with Crippen LogP contribution >= 0.6 is 0 Å². The fourth-order valence-electron chi connectivity index (χ4n) is 3.57. The van der Waals surface area contributed by atoms with Crippen molar-refractivity contribution < 1.29 is 9.18 Å². The van der Waals surface area contributed by atoms with Crippen LogP contribution in [0.25, 0.3) is 11.1 Å². The van der Waals surface area contributed by atoms with Crippen molar-refractivity contribution in [3.05, 3.63) is 72.1 Å². The monoisotopic (exact) mass is 350 g/mol. The lowest BCUT2D eigenvalue weighted by Crippen LogP contribution is -2.39. The maximum Gasteiger partial charge on any atom is 0.254 e. The molecule has 1 aliphatic heterocycles. The van der Waals surface area contributed by atoms with Crippen LogP contribution in [0.4, 0.5) is 4.39 Å². The van der Waals surface area contributed by atoms with E-state index in [-0.39, 0.29) is 11.9 Å². The molecule has 1 aromatic carbocycles. The number of nitrogens with zero attached hydrogens (tertiary/aromatic N) is 3. The number of hydrogen-bond acceptors (Lipinski definition) is 3. The number of hydrogen-bond donors (Lipinski definition) is 1. The molecule has 0 aliphatic carbocycles. The summed E-state index contributed by atoms with van der Waals surface area (Å²) in [5.41, 5.74) is 3.27. The van der Waals surface area contributed by atoms with E-state index >= 15 is 0 Å². The average Bonchev–Trinajstić information content (AvgIpc) is 3.18. The molecule has 4 rings (SSSR count). The van der Waals surface area contributed by atoms with E-state index in [1.165, 1.54) is 12.1 Å². The van der Waals surface area contributed by atoms with Crippen LogP contribution in [0.5, 0.6) is 0 Å². The number of H-pyrrole nitrogens is 1. The minimum Gasteiger partial charge on any atom is -0.330 e. The number of rotatable bonds is 3. The van der Waals surface area contributed by atoms with E-state index in [2.05, 4.69) is 15.2 Å². The summed E-state index contributed by atoms with van der Waals surface area (Å²) < 4.78 is 13.6. The van der Waals surface area contributed by atoms with Crippen molar-refractivity contribution in [1.82, 2.24) is 20.1 Å². The molecular weight excluding hydrogens is 331 g/mol. The SMILES string of the molecule is O=C(c1cccc(F)c1)N1CCCC[C@H]1c1[nH]ncc1-c1ccncc1. The molecule has 2 aromatic heterocycles. The van der Waals surface area contributed by atoms with E-state index in [0.29, 0.717) is 12.1 Å². The van der Waals surface area contributed by atoms with Crippen LogP contribution in [0.15, 0.2) is 55.0 Å². The fourth-order valence-corrected chi connectivity index (χ4v) is 3.57. The molecule has 1 saturated heterocycles. The van der Waals surface area contributed by atoms with Crippen molar-refractivity contribution in [3.63, 3.8) is 0 Å². The van der Waals surface area contributed by atoms with Gasteiger partial charge in [0.1, 0.15) is 5.82 Å². The van der Waals surface area contributed by atoms with Gasteiger partial charge >= 0.3 is 0 Å². The maximum absolute atomic E-state index is 13.6. The van der Waals surface area contributed by atoms with Gasteiger partial charge in [0, 0.05) is 30.1 Å². The van der Waals surface area contributed by atoms with Crippen LogP contribution in [-0.2, 0) is 0 Å². The Morgan fingerprint density at radius 2 is 2.04 bits per heavy atom. The van der Waals surface area contributed by atoms with Crippen LogP contribution in [-0.4, -0.2) is 32.5 Å². The smallest absolute Gasteiger partial charge is 0.254 e. The van der Waals surface area contributed by atoms with E-state index in [9.17, 15) is 9.18 Å². The normalized spacial score (nSPS) is 17.3. The van der Waals surface area contributed by atoms with Gasteiger partial charge in [-0.1, -0.05) is 6.07 Å². The third-order valence-corrected chi connectivity index (χ3v) is 4.83. The Balaban J connectivity index is 1.69. The molecule has 0 radical (unpaired) electrons. The first-order valence-corrected chi connectivity index (χ1v) is 8.74. The Kier molecular flexibility index (Phi) is 4.48. The Morgan fingerprint density at radius 3 is 2.85 bits per heavy atom. The molecular formula is C20H19FN4O. The molecule has 1 atom stereocenters. The second-order valence-corrected chi connectivity index (χ2v) is 6.45. The number of aromatic amines is 1. The van der Waals surface area contributed by atoms with Gasteiger partial charge in [0.2, 0.25) is 0 Å². The lowest BCUT2D eigenvalue weighted by atomic mass is 9.94. The number of carbonyl (C=O) groups is 1. The lowest BCUT2D eigenvalue weighted by molar-refractivity contribution is 0.0606. The highest BCUT2D eigenvalue weighted by Crippen LogP contribution is 2.36. The van der Waals surface area contributed by atoms with Gasteiger partial charge in [-0.2, -0.15) is 5.10 Å². The number of carbonyl (C=O) groups excluding carboxylic acids is 1. The first kappa shape index (κ1) is 16.4. The number of benzene rings is 1. The molecule has 5 nitrogen and oxygen atoms in total. The quantitative estimate of drug-likeness (QED) is 0.777. The summed E-state index contributed by atoms with van der Waals surface area (Å²) in [6.45, 7) is 0.648. The Hall–Kier alpha value is -3.02. The van der Waals surface area contributed by atoms with Gasteiger partial charge in [0.15, 0.2) is 0 Å². The van der Waals surface area contributed by atoms with Crippen molar-refractivity contribution in [3.8, 4) is 11.1 Å². The number of nitrogens with one attached hydrogen (secondary N) is 1. The van der Waals surface area contributed by atoms with Crippen molar-refractivity contribution >= 4 is 5.91 Å². The van der Waals surface area contributed by atoms with Gasteiger partial charge in [-0.3, -0.25) is 14.9 Å². The van der Waals surface area contributed by atoms with Gasteiger partial charge in [0.05, 0.1) is 17.9 Å². The summed E-state index contributed by atoms with van der Waals surface area (Å²) in [5, 5.41) is 7.29. The van der Waals surface area contributed by atoms with Crippen LogP contribution < -0.4 is 0 Å². The van der Waals surface area contributed by atoms with Crippen molar-refractivity contribution in [2.45, 2.75) is 25.3 Å². The molecule has 3 aromatic rings. The van der Waals surface area contributed by atoms with Crippen molar-refractivity contribution in [2.75, 3.05) is 6.54 Å². The Morgan fingerprint density at radius 1 is 1.19 bits per heavy atom. The molecule has 1 N–H and O–H groups in total. The maximum atomic E-state index is 13.6. The van der Waals surface area contributed by atoms with Crippen LogP contribution in [0.2, 0.25) is 0 Å². The lowest BCUT2D eigenvalue weighted by Gasteiger charge is -2.35. The highest BCUT2D eigenvalue weighted by Gasteiger charge is 2.31. The zero-order valence-corrected chi connectivity index (χ0v) is 14.2. The van der Waals surface area contributed by atoms with Crippen LogP contribution in [0.3, 0.4) is 0 Å². The van der Waals surface area contributed by atoms with Crippen molar-refractivity contribution in [2.24, 2.45) is 0 Å². The molecule has 1 amide bonds. The highest BCUT2D eigenvalue weighted by molar-refractivity contribution is 5.94. The van der Waals surface area contributed by atoms with Crippen LogP contribution in [0, 0.1) is 5.82 Å². The van der Waals surface area contributed by atoms with Gasteiger partial charge in [0.25, 0.3) is 5.91 Å². The molecule has 0 bridgehead atoms. The summed E-state index contributed by atoms with van der Waals surface area (Å²) in [7, 11) is 0. The predicted molar refractivity (Wildman–Crippen MR) is 95.8 cm³/mol. The van der Waals surface area contributed by atoms with E-state index in [4.69, 9.17) is 0 Å². The van der Waals surface area contributed by atoms with Gasteiger partial charge in [-0.15, -0.1) is 0 Å². The summed E-state index contributed by atoms with van der Waals surface area (Å²) in [6.07, 6.45) is 8.08. The average molecular weight is 350 g/mol. The number of aromatic nitrogens is 3. The standard InChI is InChI=1S/C20H19FN4O/c21-16-5-3-4-15(12-16)20(26)25-11-2-1-6-18(25)19-17(13-23-24-19)14-7-9-22-10-8-14/h3-5,7-10,12-13,18H,1-2,6,11H2,(H,23,24)/t18-/m0/s1. The van der Waals surface area contributed by atoms with Gasteiger partial charge < -0.3 is 4.90 Å². The minimum atomic E-state index is -0.400. The Labute approximate surface area is 150 Å². The zero-order valence-electron chi connectivity index (χ0n) is 14.2. The topological polar surface area (TPSA) is 61.9 Å². The largest absolute Gasteiger partial charge is 0.330 e. The number of likely N-dealkylation sites (tertiary alicyclic amines) is 1. The third-order valence-electron chi connectivity index (χ3n) is 4.83. The van der Waals surface area contributed by atoms with E-state index < -0.39 is 5.82 Å². The first-order chi connectivity index (χ1) is 12.7.